The second-order valence-corrected chi connectivity index (χ2v) is 6.98. The molecule has 0 spiro atoms. The predicted molar refractivity (Wildman–Crippen MR) is 118 cm³/mol. The molecule has 0 saturated carbocycles. The van der Waals surface area contributed by atoms with Crippen LogP contribution in [0, 0.1) is 13.8 Å². The van der Waals surface area contributed by atoms with E-state index in [1.165, 1.54) is 0 Å². The van der Waals surface area contributed by atoms with Gasteiger partial charge in [-0.1, -0.05) is 18.2 Å². The summed E-state index contributed by atoms with van der Waals surface area (Å²) >= 11 is 0. The van der Waals surface area contributed by atoms with Gasteiger partial charge in [0.25, 0.3) is 0 Å². The smallest absolute Gasteiger partial charge is 0.338 e. The number of hydrogen-bond acceptors (Lipinski definition) is 5. The Balaban J connectivity index is 0.00000150. The first kappa shape index (κ1) is 23.3. The van der Waals surface area contributed by atoms with Gasteiger partial charge >= 0.3 is 5.97 Å². The summed E-state index contributed by atoms with van der Waals surface area (Å²) in [4.78, 5) is 14.1. The van der Waals surface area contributed by atoms with E-state index < -0.39 is 5.97 Å². The number of carboxylic acids is 1. The third-order valence-corrected chi connectivity index (χ3v) is 5.47. The molecule has 6 nitrogen and oxygen atoms in total. The lowest BCUT2D eigenvalue weighted by molar-refractivity contribution is 0.0695. The lowest BCUT2D eigenvalue weighted by atomic mass is 9.90. The molecule has 2 N–H and O–H groups in total. The predicted octanol–water partition coefficient (Wildman–Crippen LogP) is 3.79. The van der Waals surface area contributed by atoms with Crippen LogP contribution in [0.25, 0.3) is 11.1 Å². The molecule has 8 heteroatoms. The Morgan fingerprint density at radius 2 is 1.83 bits per heavy atom. The Morgan fingerprint density at radius 1 is 1.10 bits per heavy atom. The summed E-state index contributed by atoms with van der Waals surface area (Å²) < 4.78 is 11.4. The molecule has 0 radical (unpaired) electrons. The van der Waals surface area contributed by atoms with Crippen LogP contribution >= 0.6 is 24.8 Å². The van der Waals surface area contributed by atoms with Crippen molar-refractivity contribution < 1.29 is 19.4 Å². The van der Waals surface area contributed by atoms with Crippen molar-refractivity contribution in [2.75, 3.05) is 37.9 Å². The van der Waals surface area contributed by atoms with Crippen LogP contribution in [0.5, 0.6) is 5.75 Å². The molecule has 0 atom stereocenters. The van der Waals surface area contributed by atoms with Crippen LogP contribution < -0.4 is 15.0 Å². The van der Waals surface area contributed by atoms with Gasteiger partial charge in [0.05, 0.1) is 24.5 Å². The van der Waals surface area contributed by atoms with Crippen molar-refractivity contribution in [3.8, 4) is 16.9 Å². The molecule has 1 saturated heterocycles. The van der Waals surface area contributed by atoms with Gasteiger partial charge < -0.3 is 19.5 Å². The molecule has 0 aromatic heterocycles. The van der Waals surface area contributed by atoms with Gasteiger partial charge in [0.2, 0.25) is 0 Å². The first-order valence-electron chi connectivity index (χ1n) is 9.24. The van der Waals surface area contributed by atoms with Gasteiger partial charge in [-0.25, -0.2) is 4.79 Å². The highest BCUT2D eigenvalue weighted by atomic mass is 35.5. The Morgan fingerprint density at radius 3 is 2.52 bits per heavy atom. The number of carbonyl (C=O) groups is 1. The lowest BCUT2D eigenvalue weighted by Gasteiger charge is -2.32. The Bertz CT molecular complexity index is 899. The average molecular weight is 441 g/mol. The largest absolute Gasteiger partial charge is 0.478 e. The quantitative estimate of drug-likeness (QED) is 0.756. The standard InChI is InChI=1S/C21H24N2O4.2ClH/c1-13-14(2)19(21(24)25)18(23-6-8-26-9-7-23)10-17(13)16-5-3-4-15-11-22-12-27-20(15)16;;/h3-5,10,22H,6-9,11-12H2,1-2H3,(H,24,25);2*1H. The van der Waals surface area contributed by atoms with Crippen LogP contribution in [0.1, 0.15) is 27.0 Å². The summed E-state index contributed by atoms with van der Waals surface area (Å²) in [6.45, 7) is 7.72. The van der Waals surface area contributed by atoms with E-state index in [2.05, 4.69) is 22.3 Å². The number of morpholine rings is 1. The van der Waals surface area contributed by atoms with Gasteiger partial charge in [-0.2, -0.15) is 0 Å². The molecular weight excluding hydrogens is 415 g/mol. The number of benzene rings is 2. The fraction of sp³-hybridized carbons (Fsp3) is 0.381. The highest BCUT2D eigenvalue weighted by Crippen LogP contribution is 2.41. The number of carboxylic acid groups (broad SMARTS) is 1. The highest BCUT2D eigenvalue weighted by molar-refractivity contribution is 5.99. The molecule has 0 bridgehead atoms. The van der Waals surface area contributed by atoms with E-state index >= 15 is 0 Å². The van der Waals surface area contributed by atoms with Gasteiger partial charge in [0.1, 0.15) is 12.5 Å². The van der Waals surface area contributed by atoms with Crippen LogP contribution in [-0.4, -0.2) is 44.1 Å². The number of anilines is 1. The second-order valence-electron chi connectivity index (χ2n) is 6.98. The number of para-hydroxylation sites is 1. The number of fused-ring (bicyclic) bond motifs is 1. The topological polar surface area (TPSA) is 71.0 Å². The Labute approximate surface area is 183 Å². The van der Waals surface area contributed by atoms with Crippen molar-refractivity contribution in [1.82, 2.24) is 5.32 Å². The van der Waals surface area contributed by atoms with Crippen molar-refractivity contribution >= 4 is 36.5 Å². The highest BCUT2D eigenvalue weighted by Gasteiger charge is 2.25. The Kier molecular flexibility index (Phi) is 7.77. The fourth-order valence-corrected chi connectivity index (χ4v) is 3.92. The van der Waals surface area contributed by atoms with Crippen molar-refractivity contribution in [1.29, 1.82) is 0 Å². The van der Waals surface area contributed by atoms with Gasteiger partial charge in [-0.3, -0.25) is 5.32 Å². The van der Waals surface area contributed by atoms with E-state index in [1.54, 1.807) is 0 Å². The molecule has 2 aliphatic rings. The second kappa shape index (κ2) is 9.67. The van der Waals surface area contributed by atoms with E-state index in [4.69, 9.17) is 9.47 Å². The molecule has 29 heavy (non-hydrogen) atoms. The average Bonchev–Trinajstić information content (AvgIpc) is 2.70. The van der Waals surface area contributed by atoms with E-state index in [9.17, 15) is 9.90 Å². The van der Waals surface area contributed by atoms with Crippen molar-refractivity contribution in [2.24, 2.45) is 0 Å². The Hall–Kier alpha value is -1.99. The molecule has 2 heterocycles. The zero-order chi connectivity index (χ0) is 19.0. The van der Waals surface area contributed by atoms with Gasteiger partial charge in [0.15, 0.2) is 0 Å². The third-order valence-electron chi connectivity index (χ3n) is 5.47. The van der Waals surface area contributed by atoms with Crippen LogP contribution in [0.15, 0.2) is 24.3 Å². The van der Waals surface area contributed by atoms with Gasteiger partial charge in [-0.15, -0.1) is 24.8 Å². The van der Waals surface area contributed by atoms with Gasteiger partial charge in [0, 0.05) is 30.8 Å². The number of nitrogens with one attached hydrogen (secondary N) is 1. The maximum absolute atomic E-state index is 12.0. The monoisotopic (exact) mass is 440 g/mol. The molecule has 2 aromatic rings. The molecule has 158 valence electrons. The summed E-state index contributed by atoms with van der Waals surface area (Å²) in [6, 6.07) is 8.15. The molecule has 0 unspecified atom stereocenters. The lowest BCUT2D eigenvalue weighted by Crippen LogP contribution is -2.37. The minimum Gasteiger partial charge on any atom is -0.478 e. The SMILES string of the molecule is Cc1c(-c2cccc3c2OCNC3)cc(N2CCOCC2)c(C(=O)O)c1C.Cl.Cl. The van der Waals surface area contributed by atoms with E-state index in [-0.39, 0.29) is 24.8 Å². The molecule has 0 aliphatic carbocycles. The number of nitrogens with zero attached hydrogens (tertiary/aromatic N) is 1. The zero-order valence-corrected chi connectivity index (χ0v) is 18.1. The van der Waals surface area contributed by atoms with Crippen LogP contribution in [0.3, 0.4) is 0 Å². The van der Waals surface area contributed by atoms with Crippen LogP contribution in [0.2, 0.25) is 0 Å². The zero-order valence-electron chi connectivity index (χ0n) is 16.5. The van der Waals surface area contributed by atoms with Gasteiger partial charge in [-0.05, 0) is 36.6 Å². The van der Waals surface area contributed by atoms with E-state index in [1.807, 2.05) is 26.0 Å². The van der Waals surface area contributed by atoms with Crippen molar-refractivity contribution in [2.45, 2.75) is 20.4 Å². The number of ether oxygens (including phenoxy) is 2. The summed E-state index contributed by atoms with van der Waals surface area (Å²) in [5, 5.41) is 13.1. The maximum Gasteiger partial charge on any atom is 0.338 e. The minimum absolute atomic E-state index is 0. The first-order chi connectivity index (χ1) is 13.1. The van der Waals surface area contributed by atoms with Crippen LogP contribution in [0.4, 0.5) is 5.69 Å². The summed E-state index contributed by atoms with van der Waals surface area (Å²) in [5.41, 5.74) is 6.07. The molecule has 2 aliphatic heterocycles. The van der Waals surface area contributed by atoms with Crippen LogP contribution in [-0.2, 0) is 11.3 Å². The third kappa shape index (κ3) is 4.31. The molecule has 0 amide bonds. The molecule has 4 rings (SSSR count). The summed E-state index contributed by atoms with van der Waals surface area (Å²) in [7, 11) is 0. The maximum atomic E-state index is 12.0. The minimum atomic E-state index is -0.890. The fourth-order valence-electron chi connectivity index (χ4n) is 3.92. The number of halogens is 2. The first-order valence-corrected chi connectivity index (χ1v) is 9.24. The van der Waals surface area contributed by atoms with Crippen molar-refractivity contribution in [3.05, 3.63) is 46.5 Å². The molecule has 1 fully saturated rings. The van der Waals surface area contributed by atoms with Crippen molar-refractivity contribution in [3.63, 3.8) is 0 Å². The number of hydrogen-bond donors (Lipinski definition) is 2. The normalized spacial score (nSPS) is 15.4. The number of rotatable bonds is 3. The molecule has 2 aromatic carbocycles. The van der Waals surface area contributed by atoms with E-state index in [0.717, 1.165) is 45.8 Å². The molecular formula is C21H26Cl2N2O4. The summed E-state index contributed by atoms with van der Waals surface area (Å²) in [5.74, 6) is -0.00562. The van der Waals surface area contributed by atoms with E-state index in [0.29, 0.717) is 38.6 Å². The summed E-state index contributed by atoms with van der Waals surface area (Å²) in [6.07, 6.45) is 0. The number of aromatic carboxylic acids is 1.